The molecular formula is C15H9ClN4OS. The molecule has 1 aromatic carbocycles. The fourth-order valence-corrected chi connectivity index (χ4v) is 3.55. The molecule has 3 aromatic heterocycles. The number of aromatic nitrogens is 3. The predicted molar refractivity (Wildman–Crippen MR) is 89.9 cm³/mol. The molecular weight excluding hydrogens is 320 g/mol. The molecule has 0 spiro atoms. The summed E-state index contributed by atoms with van der Waals surface area (Å²) >= 11 is 7.18. The number of benzene rings is 1. The summed E-state index contributed by atoms with van der Waals surface area (Å²) in [6, 6.07) is 8.73. The molecule has 2 N–H and O–H groups in total. The number of pyridine rings is 1. The van der Waals surface area contributed by atoms with Gasteiger partial charge in [0.2, 0.25) is 0 Å². The van der Waals surface area contributed by atoms with Gasteiger partial charge < -0.3 is 5.73 Å². The van der Waals surface area contributed by atoms with Gasteiger partial charge in [-0.25, -0.2) is 9.97 Å². The van der Waals surface area contributed by atoms with Gasteiger partial charge in [0.1, 0.15) is 15.9 Å². The first-order valence-electron chi connectivity index (χ1n) is 6.45. The van der Waals surface area contributed by atoms with Crippen LogP contribution in [0, 0.1) is 0 Å². The topological polar surface area (TPSA) is 73.8 Å². The molecule has 0 aliphatic rings. The Balaban J connectivity index is 2.06. The SMILES string of the molecule is Nc1ccnc2sc3c(=O)n(-c4ccc(Cl)cc4)cnc3c12. The van der Waals surface area contributed by atoms with Gasteiger partial charge in [0, 0.05) is 16.9 Å². The Bertz CT molecular complexity index is 1070. The van der Waals surface area contributed by atoms with Crippen molar-refractivity contribution in [2.24, 2.45) is 0 Å². The third-order valence-electron chi connectivity index (χ3n) is 3.42. The van der Waals surface area contributed by atoms with Crippen molar-refractivity contribution < 1.29 is 0 Å². The Hall–Kier alpha value is -2.44. The second-order valence-electron chi connectivity index (χ2n) is 4.76. The molecule has 4 rings (SSSR count). The van der Waals surface area contributed by atoms with Crippen molar-refractivity contribution in [2.75, 3.05) is 5.73 Å². The summed E-state index contributed by atoms with van der Waals surface area (Å²) in [4.78, 5) is 22.1. The van der Waals surface area contributed by atoms with Crippen LogP contribution in [0.25, 0.3) is 26.1 Å². The van der Waals surface area contributed by atoms with Crippen LogP contribution in [0.2, 0.25) is 5.02 Å². The summed E-state index contributed by atoms with van der Waals surface area (Å²) < 4.78 is 2.03. The Labute approximate surface area is 133 Å². The van der Waals surface area contributed by atoms with Gasteiger partial charge in [0.05, 0.1) is 16.6 Å². The molecule has 0 fully saturated rings. The lowest BCUT2D eigenvalue weighted by Gasteiger charge is -2.05. The number of hydrogen-bond donors (Lipinski definition) is 1. The highest BCUT2D eigenvalue weighted by Gasteiger charge is 2.14. The number of nitrogens with two attached hydrogens (primary N) is 1. The lowest BCUT2D eigenvalue weighted by molar-refractivity contribution is 0.968. The standard InChI is InChI=1S/C15H9ClN4OS/c16-8-1-3-9(4-2-8)20-7-19-12-11-10(17)5-6-18-14(11)22-13(12)15(20)21/h1-7H,(H2,17,18). The molecule has 0 saturated carbocycles. The van der Waals surface area contributed by atoms with Crippen LogP contribution in [0.3, 0.4) is 0 Å². The molecule has 3 heterocycles. The van der Waals surface area contributed by atoms with Crippen molar-refractivity contribution in [3.63, 3.8) is 0 Å². The highest BCUT2D eigenvalue weighted by atomic mass is 35.5. The van der Waals surface area contributed by atoms with E-state index < -0.39 is 0 Å². The molecule has 5 nitrogen and oxygen atoms in total. The minimum Gasteiger partial charge on any atom is -0.398 e. The highest BCUT2D eigenvalue weighted by Crippen LogP contribution is 2.32. The third-order valence-corrected chi connectivity index (χ3v) is 4.75. The number of nitrogen functional groups attached to an aromatic ring is 1. The van der Waals surface area contributed by atoms with Gasteiger partial charge in [-0.15, -0.1) is 11.3 Å². The van der Waals surface area contributed by atoms with Crippen LogP contribution in [0.1, 0.15) is 0 Å². The summed E-state index contributed by atoms with van der Waals surface area (Å²) in [5.74, 6) is 0. The summed E-state index contributed by atoms with van der Waals surface area (Å²) in [6.07, 6.45) is 3.14. The first kappa shape index (κ1) is 13.2. The smallest absolute Gasteiger partial charge is 0.275 e. The predicted octanol–water partition coefficient (Wildman–Crippen LogP) is 3.23. The lowest BCUT2D eigenvalue weighted by Crippen LogP contribution is -2.17. The van der Waals surface area contributed by atoms with E-state index in [2.05, 4.69) is 9.97 Å². The maximum atomic E-state index is 12.7. The molecule has 0 amide bonds. The van der Waals surface area contributed by atoms with Crippen molar-refractivity contribution in [3.8, 4) is 5.69 Å². The fraction of sp³-hybridized carbons (Fsp3) is 0. The van der Waals surface area contributed by atoms with Gasteiger partial charge in [-0.2, -0.15) is 0 Å². The maximum absolute atomic E-state index is 12.7. The van der Waals surface area contributed by atoms with E-state index in [9.17, 15) is 4.79 Å². The van der Waals surface area contributed by atoms with Gasteiger partial charge in [0.15, 0.2) is 0 Å². The van der Waals surface area contributed by atoms with Crippen molar-refractivity contribution in [1.82, 2.24) is 14.5 Å². The van der Waals surface area contributed by atoms with Crippen molar-refractivity contribution in [1.29, 1.82) is 0 Å². The van der Waals surface area contributed by atoms with E-state index in [0.29, 0.717) is 31.4 Å². The minimum atomic E-state index is -0.144. The molecule has 108 valence electrons. The van der Waals surface area contributed by atoms with Crippen LogP contribution in [-0.2, 0) is 0 Å². The van der Waals surface area contributed by atoms with Crippen molar-refractivity contribution in [3.05, 3.63) is 58.2 Å². The second kappa shape index (κ2) is 4.79. The number of rotatable bonds is 1. The normalized spacial score (nSPS) is 11.3. The van der Waals surface area contributed by atoms with Gasteiger partial charge in [-0.1, -0.05) is 11.6 Å². The van der Waals surface area contributed by atoms with Crippen molar-refractivity contribution in [2.45, 2.75) is 0 Å². The van der Waals surface area contributed by atoms with Crippen LogP contribution in [0.4, 0.5) is 5.69 Å². The number of hydrogen-bond acceptors (Lipinski definition) is 5. The van der Waals surface area contributed by atoms with E-state index in [-0.39, 0.29) is 5.56 Å². The first-order chi connectivity index (χ1) is 10.6. The van der Waals surface area contributed by atoms with Gasteiger partial charge in [0.25, 0.3) is 5.56 Å². The largest absolute Gasteiger partial charge is 0.398 e. The summed E-state index contributed by atoms with van der Waals surface area (Å²) in [6.45, 7) is 0. The van der Waals surface area contributed by atoms with Gasteiger partial charge in [-0.3, -0.25) is 9.36 Å². The molecule has 0 saturated heterocycles. The molecule has 4 aromatic rings. The molecule has 0 unspecified atom stereocenters. The molecule has 22 heavy (non-hydrogen) atoms. The minimum absolute atomic E-state index is 0.144. The van der Waals surface area contributed by atoms with E-state index in [1.807, 2.05) is 0 Å². The Morgan fingerprint density at radius 3 is 2.68 bits per heavy atom. The number of thiophene rings is 1. The number of nitrogens with zero attached hydrogens (tertiary/aromatic N) is 3. The average Bonchev–Trinajstić information content (AvgIpc) is 2.90. The fourth-order valence-electron chi connectivity index (χ4n) is 2.36. The number of halogens is 1. The molecule has 0 atom stereocenters. The quantitative estimate of drug-likeness (QED) is 0.582. The average molecular weight is 329 g/mol. The molecule has 0 aliphatic carbocycles. The maximum Gasteiger partial charge on any atom is 0.275 e. The lowest BCUT2D eigenvalue weighted by atomic mass is 10.2. The van der Waals surface area contributed by atoms with E-state index >= 15 is 0 Å². The molecule has 0 radical (unpaired) electrons. The zero-order chi connectivity index (χ0) is 15.3. The second-order valence-corrected chi connectivity index (χ2v) is 6.19. The van der Waals surface area contributed by atoms with Gasteiger partial charge >= 0.3 is 0 Å². The van der Waals surface area contributed by atoms with Crippen LogP contribution in [0.15, 0.2) is 47.7 Å². The molecule has 0 aliphatic heterocycles. The molecule has 0 bridgehead atoms. The van der Waals surface area contributed by atoms with Crippen LogP contribution in [0.5, 0.6) is 0 Å². The Kier molecular flexibility index (Phi) is 2.88. The van der Waals surface area contributed by atoms with Crippen LogP contribution < -0.4 is 11.3 Å². The van der Waals surface area contributed by atoms with E-state index in [1.54, 1.807) is 36.5 Å². The van der Waals surface area contributed by atoms with Crippen LogP contribution in [-0.4, -0.2) is 14.5 Å². The van der Waals surface area contributed by atoms with E-state index in [4.69, 9.17) is 17.3 Å². The zero-order valence-corrected chi connectivity index (χ0v) is 12.7. The monoisotopic (exact) mass is 328 g/mol. The highest BCUT2D eigenvalue weighted by molar-refractivity contribution is 7.25. The van der Waals surface area contributed by atoms with E-state index in [1.165, 1.54) is 22.2 Å². The summed E-state index contributed by atoms with van der Waals surface area (Å²) in [7, 11) is 0. The van der Waals surface area contributed by atoms with E-state index in [0.717, 1.165) is 5.39 Å². The zero-order valence-electron chi connectivity index (χ0n) is 11.2. The Morgan fingerprint density at radius 2 is 1.91 bits per heavy atom. The molecule has 7 heteroatoms. The summed E-state index contributed by atoms with van der Waals surface area (Å²) in [5, 5.41) is 1.35. The third kappa shape index (κ3) is 1.88. The number of anilines is 1. The van der Waals surface area contributed by atoms with Gasteiger partial charge in [-0.05, 0) is 30.3 Å². The number of fused-ring (bicyclic) bond motifs is 3. The Morgan fingerprint density at radius 1 is 1.14 bits per heavy atom. The first-order valence-corrected chi connectivity index (χ1v) is 7.65. The van der Waals surface area contributed by atoms with Crippen molar-refractivity contribution >= 4 is 49.1 Å². The summed E-state index contributed by atoms with van der Waals surface area (Å²) in [5.41, 5.74) is 7.73. The van der Waals surface area contributed by atoms with Crippen LogP contribution >= 0.6 is 22.9 Å².